The van der Waals surface area contributed by atoms with Crippen LogP contribution in [0.25, 0.3) is 0 Å². The first-order valence-corrected chi connectivity index (χ1v) is 7.68. The molecule has 0 saturated heterocycles. The van der Waals surface area contributed by atoms with Crippen LogP contribution in [-0.4, -0.2) is 25.5 Å². The van der Waals surface area contributed by atoms with Gasteiger partial charge in [-0.05, 0) is 30.0 Å². The van der Waals surface area contributed by atoms with E-state index < -0.39 is 6.17 Å². The minimum Gasteiger partial charge on any atom is -0.493 e. The summed E-state index contributed by atoms with van der Waals surface area (Å²) < 4.78 is 11.1. The van der Waals surface area contributed by atoms with Crippen molar-refractivity contribution in [1.82, 2.24) is 10.6 Å². The van der Waals surface area contributed by atoms with Gasteiger partial charge in [0.25, 0.3) is 0 Å². The lowest BCUT2D eigenvalue weighted by Gasteiger charge is -2.20. The highest BCUT2D eigenvalue weighted by molar-refractivity contribution is 5.76. The number of amides is 2. The number of carbonyl (C=O) groups is 2. The zero-order valence-corrected chi connectivity index (χ0v) is 14.4. The van der Waals surface area contributed by atoms with Gasteiger partial charge in [0.15, 0.2) is 11.5 Å². The highest BCUT2D eigenvalue weighted by Crippen LogP contribution is 2.30. The summed E-state index contributed by atoms with van der Waals surface area (Å²) in [6.07, 6.45) is 0.342. The second-order valence-electron chi connectivity index (χ2n) is 5.78. The first-order chi connectivity index (χ1) is 10.8. The molecule has 0 aromatic heterocycles. The van der Waals surface area contributed by atoms with Gasteiger partial charge in [-0.2, -0.15) is 0 Å². The summed E-state index contributed by atoms with van der Waals surface area (Å²) in [5.74, 6) is 1.29. The van der Waals surface area contributed by atoms with Crippen LogP contribution in [0.1, 0.15) is 45.8 Å². The van der Waals surface area contributed by atoms with E-state index in [4.69, 9.17) is 9.47 Å². The third kappa shape index (κ3) is 6.59. The molecule has 2 N–H and O–H groups in total. The van der Waals surface area contributed by atoms with Crippen LogP contribution in [0.15, 0.2) is 18.2 Å². The number of ether oxygens (including phenoxy) is 2. The van der Waals surface area contributed by atoms with Crippen molar-refractivity contribution in [1.29, 1.82) is 0 Å². The largest absolute Gasteiger partial charge is 0.493 e. The molecule has 1 aromatic carbocycles. The lowest BCUT2D eigenvalue weighted by molar-refractivity contribution is -0.122. The minimum atomic E-state index is -0.608. The molecular weight excluding hydrogens is 296 g/mol. The Hall–Kier alpha value is -2.24. The summed E-state index contributed by atoms with van der Waals surface area (Å²) in [5.41, 5.74) is 0.712. The van der Waals surface area contributed by atoms with E-state index in [-0.39, 0.29) is 11.8 Å². The Morgan fingerprint density at radius 3 is 2.17 bits per heavy atom. The van der Waals surface area contributed by atoms with Gasteiger partial charge in [-0.15, -0.1) is 0 Å². The molecule has 128 valence electrons. The molecule has 0 atom stereocenters. The molecular formula is C17H26N2O4. The van der Waals surface area contributed by atoms with E-state index in [9.17, 15) is 9.59 Å². The average Bonchev–Trinajstić information content (AvgIpc) is 2.45. The molecule has 0 aliphatic carbocycles. The molecule has 0 heterocycles. The van der Waals surface area contributed by atoms with Crippen LogP contribution in [0.4, 0.5) is 0 Å². The van der Waals surface area contributed by atoms with E-state index in [2.05, 4.69) is 24.5 Å². The second-order valence-corrected chi connectivity index (χ2v) is 5.78. The predicted molar refractivity (Wildman–Crippen MR) is 88.3 cm³/mol. The van der Waals surface area contributed by atoms with Crippen molar-refractivity contribution in [2.45, 2.75) is 40.3 Å². The van der Waals surface area contributed by atoms with Gasteiger partial charge in [0.2, 0.25) is 11.8 Å². The van der Waals surface area contributed by atoms with Crippen molar-refractivity contribution in [2.75, 3.05) is 13.7 Å². The minimum absolute atomic E-state index is 0.236. The summed E-state index contributed by atoms with van der Waals surface area (Å²) in [4.78, 5) is 22.6. The maximum absolute atomic E-state index is 11.3. The number of carbonyl (C=O) groups excluding carboxylic acids is 2. The fourth-order valence-corrected chi connectivity index (χ4v) is 2.00. The van der Waals surface area contributed by atoms with Crippen LogP contribution in [0.5, 0.6) is 11.5 Å². The Kier molecular flexibility index (Phi) is 7.38. The van der Waals surface area contributed by atoms with E-state index in [1.165, 1.54) is 13.8 Å². The second kappa shape index (κ2) is 9.02. The molecule has 0 saturated carbocycles. The van der Waals surface area contributed by atoms with Crippen molar-refractivity contribution in [3.63, 3.8) is 0 Å². The van der Waals surface area contributed by atoms with Gasteiger partial charge in [-0.25, -0.2) is 0 Å². The smallest absolute Gasteiger partial charge is 0.218 e. The molecule has 2 amide bonds. The van der Waals surface area contributed by atoms with Gasteiger partial charge in [0.05, 0.1) is 13.7 Å². The highest BCUT2D eigenvalue weighted by Gasteiger charge is 2.16. The predicted octanol–water partition coefficient (Wildman–Crippen LogP) is 2.39. The van der Waals surface area contributed by atoms with Crippen molar-refractivity contribution in [3.8, 4) is 11.5 Å². The normalized spacial score (nSPS) is 10.6. The van der Waals surface area contributed by atoms with Gasteiger partial charge >= 0.3 is 0 Å². The Balaban J connectivity index is 2.93. The molecule has 0 aliphatic heterocycles. The van der Waals surface area contributed by atoms with Gasteiger partial charge in [-0.1, -0.05) is 19.9 Å². The molecule has 0 radical (unpaired) electrons. The maximum atomic E-state index is 11.3. The van der Waals surface area contributed by atoms with E-state index in [1.807, 2.05) is 0 Å². The van der Waals surface area contributed by atoms with Crippen molar-refractivity contribution in [2.24, 2.45) is 5.92 Å². The van der Waals surface area contributed by atoms with Crippen LogP contribution in [0, 0.1) is 5.92 Å². The topological polar surface area (TPSA) is 76.7 Å². The molecule has 0 unspecified atom stereocenters. The lowest BCUT2D eigenvalue weighted by atomic mass is 10.1. The van der Waals surface area contributed by atoms with E-state index in [0.29, 0.717) is 29.6 Å². The Labute approximate surface area is 137 Å². The summed E-state index contributed by atoms with van der Waals surface area (Å²) in [7, 11) is 1.56. The summed E-state index contributed by atoms with van der Waals surface area (Å²) in [6.45, 7) is 7.67. The monoisotopic (exact) mass is 322 g/mol. The highest BCUT2D eigenvalue weighted by atomic mass is 16.5. The fourth-order valence-electron chi connectivity index (χ4n) is 2.00. The van der Waals surface area contributed by atoms with Crippen molar-refractivity contribution >= 4 is 11.8 Å². The zero-order chi connectivity index (χ0) is 17.4. The zero-order valence-electron chi connectivity index (χ0n) is 14.4. The number of hydrogen-bond acceptors (Lipinski definition) is 4. The number of benzene rings is 1. The van der Waals surface area contributed by atoms with Crippen LogP contribution in [-0.2, 0) is 9.59 Å². The SMILES string of the molecule is COc1cc(C(NC(C)=O)NC(C)=O)ccc1OCCC(C)C. The molecule has 6 nitrogen and oxygen atoms in total. The standard InChI is InChI=1S/C17H26N2O4/c1-11(2)8-9-23-15-7-6-14(10-16(15)22-5)17(18-12(3)20)19-13(4)21/h6-7,10-11,17H,8-9H2,1-5H3,(H,18,20)(H,19,21). The molecule has 0 fully saturated rings. The Morgan fingerprint density at radius 2 is 1.70 bits per heavy atom. The number of methoxy groups -OCH3 is 1. The molecule has 0 aliphatic rings. The number of hydrogen-bond donors (Lipinski definition) is 2. The van der Waals surface area contributed by atoms with Crippen molar-refractivity contribution in [3.05, 3.63) is 23.8 Å². The molecule has 1 aromatic rings. The molecule has 0 spiro atoms. The molecule has 6 heteroatoms. The van der Waals surface area contributed by atoms with E-state index in [0.717, 1.165) is 6.42 Å². The third-order valence-electron chi connectivity index (χ3n) is 3.17. The fraction of sp³-hybridized carbons (Fsp3) is 0.529. The van der Waals surface area contributed by atoms with Gasteiger partial charge in [-0.3, -0.25) is 9.59 Å². The Bertz CT molecular complexity index is 527. The first kappa shape index (κ1) is 18.8. The number of nitrogens with one attached hydrogen (secondary N) is 2. The molecule has 1 rings (SSSR count). The van der Waals surface area contributed by atoms with Gasteiger partial charge in [0.1, 0.15) is 6.17 Å². The Morgan fingerprint density at radius 1 is 1.09 bits per heavy atom. The summed E-state index contributed by atoms with van der Waals surface area (Å²) in [6, 6.07) is 5.33. The number of rotatable bonds is 8. The van der Waals surface area contributed by atoms with Crippen molar-refractivity contribution < 1.29 is 19.1 Å². The molecule has 0 bridgehead atoms. The van der Waals surface area contributed by atoms with E-state index >= 15 is 0 Å². The summed E-state index contributed by atoms with van der Waals surface area (Å²) >= 11 is 0. The average molecular weight is 322 g/mol. The quantitative estimate of drug-likeness (QED) is 0.721. The third-order valence-corrected chi connectivity index (χ3v) is 3.17. The summed E-state index contributed by atoms with van der Waals surface area (Å²) in [5, 5.41) is 5.38. The van der Waals surface area contributed by atoms with Crippen LogP contribution >= 0.6 is 0 Å². The lowest BCUT2D eigenvalue weighted by Crippen LogP contribution is -2.39. The van der Waals surface area contributed by atoms with Crippen LogP contribution in [0.2, 0.25) is 0 Å². The van der Waals surface area contributed by atoms with Crippen LogP contribution < -0.4 is 20.1 Å². The maximum Gasteiger partial charge on any atom is 0.218 e. The van der Waals surface area contributed by atoms with Crippen LogP contribution in [0.3, 0.4) is 0 Å². The molecule has 23 heavy (non-hydrogen) atoms. The first-order valence-electron chi connectivity index (χ1n) is 7.68. The van der Waals surface area contributed by atoms with E-state index in [1.54, 1.807) is 25.3 Å². The van der Waals surface area contributed by atoms with Gasteiger partial charge in [0, 0.05) is 13.8 Å². The van der Waals surface area contributed by atoms with Gasteiger partial charge < -0.3 is 20.1 Å².